The summed E-state index contributed by atoms with van der Waals surface area (Å²) in [4.78, 5) is 11.8. The maximum atomic E-state index is 10.6. The SMILES string of the molecule is O=C(O)C1CC2C=CC=C2S1. The largest absolute Gasteiger partial charge is 0.480 e. The topological polar surface area (TPSA) is 37.3 Å². The van der Waals surface area contributed by atoms with Gasteiger partial charge >= 0.3 is 5.97 Å². The van der Waals surface area contributed by atoms with Crippen LogP contribution in [0.2, 0.25) is 0 Å². The lowest BCUT2D eigenvalue weighted by atomic mass is 10.1. The molecule has 0 spiro atoms. The van der Waals surface area contributed by atoms with Crippen molar-refractivity contribution in [3.05, 3.63) is 23.1 Å². The number of hydrogen-bond donors (Lipinski definition) is 1. The fourth-order valence-electron chi connectivity index (χ4n) is 1.42. The lowest BCUT2D eigenvalue weighted by Gasteiger charge is -1.98. The Morgan fingerprint density at radius 1 is 1.73 bits per heavy atom. The molecule has 0 aromatic rings. The van der Waals surface area contributed by atoms with Crippen molar-refractivity contribution in [1.29, 1.82) is 0 Å². The van der Waals surface area contributed by atoms with Crippen LogP contribution in [0, 0.1) is 5.92 Å². The average molecular weight is 168 g/mol. The normalized spacial score (nSPS) is 33.6. The zero-order chi connectivity index (χ0) is 7.84. The van der Waals surface area contributed by atoms with Gasteiger partial charge in [-0.05, 0) is 11.3 Å². The van der Waals surface area contributed by atoms with Crippen LogP contribution in [0.5, 0.6) is 0 Å². The second kappa shape index (κ2) is 2.41. The van der Waals surface area contributed by atoms with Gasteiger partial charge in [0.15, 0.2) is 0 Å². The van der Waals surface area contributed by atoms with E-state index in [0.29, 0.717) is 5.92 Å². The lowest BCUT2D eigenvalue weighted by Crippen LogP contribution is -2.12. The number of rotatable bonds is 1. The molecule has 2 unspecified atom stereocenters. The zero-order valence-corrected chi connectivity index (χ0v) is 6.67. The Morgan fingerprint density at radius 2 is 2.55 bits per heavy atom. The fraction of sp³-hybridized carbons (Fsp3) is 0.375. The molecule has 2 nitrogen and oxygen atoms in total. The van der Waals surface area contributed by atoms with Crippen molar-refractivity contribution in [3.63, 3.8) is 0 Å². The van der Waals surface area contributed by atoms with Crippen molar-refractivity contribution in [2.75, 3.05) is 0 Å². The van der Waals surface area contributed by atoms with Gasteiger partial charge in [-0.25, -0.2) is 0 Å². The van der Waals surface area contributed by atoms with Gasteiger partial charge < -0.3 is 5.11 Å². The Labute approximate surface area is 69.0 Å². The van der Waals surface area contributed by atoms with Crippen molar-refractivity contribution in [2.24, 2.45) is 5.92 Å². The van der Waals surface area contributed by atoms with E-state index in [9.17, 15) is 4.79 Å². The minimum absolute atomic E-state index is 0.212. The highest BCUT2D eigenvalue weighted by Crippen LogP contribution is 2.44. The maximum Gasteiger partial charge on any atom is 0.317 e. The Kier molecular flexibility index (Phi) is 1.53. The predicted octanol–water partition coefficient (Wildman–Crippen LogP) is 1.65. The smallest absolute Gasteiger partial charge is 0.317 e. The van der Waals surface area contributed by atoms with E-state index < -0.39 is 5.97 Å². The first kappa shape index (κ1) is 6.98. The highest BCUT2D eigenvalue weighted by molar-refractivity contribution is 8.04. The number of fused-ring (bicyclic) bond motifs is 1. The van der Waals surface area contributed by atoms with Gasteiger partial charge in [0.2, 0.25) is 0 Å². The van der Waals surface area contributed by atoms with Crippen LogP contribution in [-0.4, -0.2) is 16.3 Å². The molecule has 0 amide bonds. The van der Waals surface area contributed by atoms with Crippen molar-refractivity contribution < 1.29 is 9.90 Å². The number of thioether (sulfide) groups is 1. The molecule has 1 heterocycles. The van der Waals surface area contributed by atoms with Crippen LogP contribution >= 0.6 is 11.8 Å². The zero-order valence-electron chi connectivity index (χ0n) is 5.86. The standard InChI is InChI=1S/C8H8O2S/c9-8(10)7-4-5-2-1-3-6(5)11-7/h1-3,5,7H,4H2,(H,9,10). The van der Waals surface area contributed by atoms with E-state index >= 15 is 0 Å². The van der Waals surface area contributed by atoms with E-state index in [4.69, 9.17) is 5.11 Å². The van der Waals surface area contributed by atoms with Gasteiger partial charge in [-0.1, -0.05) is 18.2 Å². The number of carbonyl (C=O) groups is 1. The van der Waals surface area contributed by atoms with Crippen LogP contribution in [0.4, 0.5) is 0 Å². The van der Waals surface area contributed by atoms with E-state index in [0.717, 1.165) is 6.42 Å². The molecule has 2 atom stereocenters. The van der Waals surface area contributed by atoms with E-state index in [2.05, 4.69) is 6.08 Å². The molecular weight excluding hydrogens is 160 g/mol. The van der Waals surface area contributed by atoms with Crippen LogP contribution in [-0.2, 0) is 4.79 Å². The molecule has 0 radical (unpaired) electrons. The van der Waals surface area contributed by atoms with Crippen molar-refractivity contribution in [1.82, 2.24) is 0 Å². The van der Waals surface area contributed by atoms with Crippen molar-refractivity contribution in [3.8, 4) is 0 Å². The van der Waals surface area contributed by atoms with Gasteiger partial charge in [0.25, 0.3) is 0 Å². The summed E-state index contributed by atoms with van der Waals surface area (Å²) in [5.41, 5.74) is 0. The molecule has 1 saturated heterocycles. The van der Waals surface area contributed by atoms with Crippen LogP contribution < -0.4 is 0 Å². The first-order valence-electron chi connectivity index (χ1n) is 3.55. The van der Waals surface area contributed by atoms with E-state index in [1.165, 1.54) is 16.7 Å². The summed E-state index contributed by atoms with van der Waals surface area (Å²) in [5.74, 6) is -0.278. The van der Waals surface area contributed by atoms with Gasteiger partial charge in [-0.2, -0.15) is 0 Å². The molecule has 2 rings (SSSR count). The first-order chi connectivity index (χ1) is 5.27. The molecule has 58 valence electrons. The van der Waals surface area contributed by atoms with Gasteiger partial charge in [-0.15, -0.1) is 11.8 Å². The van der Waals surface area contributed by atoms with Crippen molar-refractivity contribution >= 4 is 17.7 Å². The van der Waals surface area contributed by atoms with Crippen LogP contribution in [0.25, 0.3) is 0 Å². The predicted molar refractivity (Wildman–Crippen MR) is 44.3 cm³/mol. The molecule has 1 aliphatic heterocycles. The van der Waals surface area contributed by atoms with Gasteiger partial charge in [0.1, 0.15) is 5.25 Å². The molecule has 1 aliphatic carbocycles. The van der Waals surface area contributed by atoms with Crippen LogP contribution in [0.1, 0.15) is 6.42 Å². The molecule has 0 aromatic carbocycles. The highest BCUT2D eigenvalue weighted by Gasteiger charge is 2.34. The Bertz CT molecular complexity index is 255. The summed E-state index contributed by atoms with van der Waals surface area (Å²) in [6.45, 7) is 0. The summed E-state index contributed by atoms with van der Waals surface area (Å²) < 4.78 is 0. The van der Waals surface area contributed by atoms with Gasteiger partial charge in [0, 0.05) is 5.92 Å². The number of aliphatic carboxylic acids is 1. The monoisotopic (exact) mass is 168 g/mol. The second-order valence-corrected chi connectivity index (χ2v) is 4.02. The Morgan fingerprint density at radius 3 is 3.18 bits per heavy atom. The second-order valence-electron chi connectivity index (χ2n) is 2.74. The minimum atomic E-state index is -0.682. The molecule has 3 heteroatoms. The number of allylic oxidation sites excluding steroid dienone is 4. The summed E-state index contributed by atoms with van der Waals surface area (Å²) in [6.07, 6.45) is 6.86. The van der Waals surface area contributed by atoms with Crippen molar-refractivity contribution in [2.45, 2.75) is 11.7 Å². The minimum Gasteiger partial charge on any atom is -0.480 e. The lowest BCUT2D eigenvalue weighted by molar-refractivity contribution is -0.136. The van der Waals surface area contributed by atoms with E-state index in [1.54, 1.807) is 0 Å². The van der Waals surface area contributed by atoms with E-state index in [1.807, 2.05) is 12.2 Å². The maximum absolute atomic E-state index is 10.6. The molecule has 0 aromatic heterocycles. The molecule has 1 N–H and O–H groups in total. The molecule has 1 fully saturated rings. The quantitative estimate of drug-likeness (QED) is 0.646. The Balaban J connectivity index is 2.12. The third-order valence-corrected chi connectivity index (χ3v) is 3.38. The number of carboxylic acids is 1. The summed E-state index contributed by atoms with van der Waals surface area (Å²) >= 11 is 1.49. The van der Waals surface area contributed by atoms with E-state index in [-0.39, 0.29) is 5.25 Å². The Hall–Kier alpha value is -0.700. The third-order valence-electron chi connectivity index (χ3n) is 1.99. The molecule has 0 bridgehead atoms. The van der Waals surface area contributed by atoms with Crippen LogP contribution in [0.15, 0.2) is 23.1 Å². The fourth-order valence-corrected chi connectivity index (χ4v) is 2.66. The third kappa shape index (κ3) is 1.09. The highest BCUT2D eigenvalue weighted by atomic mass is 32.2. The molecule has 2 aliphatic rings. The van der Waals surface area contributed by atoms with Crippen LogP contribution in [0.3, 0.4) is 0 Å². The molecule has 0 saturated carbocycles. The number of hydrogen-bond acceptors (Lipinski definition) is 2. The first-order valence-corrected chi connectivity index (χ1v) is 4.43. The molecule has 11 heavy (non-hydrogen) atoms. The summed E-state index contributed by atoms with van der Waals surface area (Å²) in [7, 11) is 0. The average Bonchev–Trinajstić information content (AvgIpc) is 2.40. The summed E-state index contributed by atoms with van der Waals surface area (Å²) in [5, 5.41) is 8.48. The molecular formula is C8H8O2S. The van der Waals surface area contributed by atoms with Gasteiger partial charge in [-0.3, -0.25) is 4.79 Å². The van der Waals surface area contributed by atoms with Gasteiger partial charge in [0.05, 0.1) is 0 Å². The summed E-state index contributed by atoms with van der Waals surface area (Å²) in [6, 6.07) is 0. The number of carboxylic acid groups (broad SMARTS) is 1.